The molecule has 0 aliphatic carbocycles. The lowest BCUT2D eigenvalue weighted by Crippen LogP contribution is -2.36. The predicted octanol–water partition coefficient (Wildman–Crippen LogP) is 0.252. The zero-order valence-corrected chi connectivity index (χ0v) is 7.94. The van der Waals surface area contributed by atoms with E-state index in [1.54, 1.807) is 0 Å². The third-order valence-electron chi connectivity index (χ3n) is 2.39. The van der Waals surface area contributed by atoms with E-state index in [0.717, 1.165) is 38.7 Å². The third kappa shape index (κ3) is 2.08. The molecule has 4 heteroatoms. The van der Waals surface area contributed by atoms with E-state index >= 15 is 0 Å². The van der Waals surface area contributed by atoms with Gasteiger partial charge in [0.15, 0.2) is 0 Å². The van der Waals surface area contributed by atoms with Crippen LogP contribution in [-0.2, 0) is 18.3 Å². The van der Waals surface area contributed by atoms with Crippen LogP contribution in [0, 0.1) is 0 Å². The molecule has 1 saturated heterocycles. The summed E-state index contributed by atoms with van der Waals surface area (Å²) in [5.41, 5.74) is 0. The molecule has 72 valence electrons. The summed E-state index contributed by atoms with van der Waals surface area (Å²) in [5.74, 6) is 1.13. The molecular weight excluding hydrogens is 166 g/mol. The van der Waals surface area contributed by atoms with Crippen LogP contribution in [0.4, 0.5) is 0 Å². The Labute approximate surface area is 78.1 Å². The maximum absolute atomic E-state index is 5.28. The molecule has 2 rings (SSSR count). The van der Waals surface area contributed by atoms with Crippen molar-refractivity contribution >= 4 is 0 Å². The van der Waals surface area contributed by atoms with E-state index in [1.807, 2.05) is 19.4 Å². The van der Waals surface area contributed by atoms with Gasteiger partial charge in [-0.2, -0.15) is 0 Å². The lowest BCUT2D eigenvalue weighted by Gasteiger charge is -2.25. The van der Waals surface area contributed by atoms with Crippen molar-refractivity contribution in [2.45, 2.75) is 6.54 Å². The van der Waals surface area contributed by atoms with Gasteiger partial charge in [-0.25, -0.2) is 4.98 Å². The maximum atomic E-state index is 5.28. The van der Waals surface area contributed by atoms with Gasteiger partial charge in [0.05, 0.1) is 19.8 Å². The van der Waals surface area contributed by atoms with Crippen molar-refractivity contribution in [1.29, 1.82) is 0 Å². The quantitative estimate of drug-likeness (QED) is 0.655. The van der Waals surface area contributed by atoms with Gasteiger partial charge >= 0.3 is 0 Å². The molecule has 1 aromatic heterocycles. The van der Waals surface area contributed by atoms with Crippen LogP contribution < -0.4 is 0 Å². The van der Waals surface area contributed by atoms with Crippen molar-refractivity contribution in [3.05, 3.63) is 18.2 Å². The SMILES string of the molecule is Cn1ccnc1CN1CCOCC1. The number of morpholine rings is 1. The average molecular weight is 181 g/mol. The first-order chi connectivity index (χ1) is 6.36. The summed E-state index contributed by atoms with van der Waals surface area (Å²) in [5, 5.41) is 0. The van der Waals surface area contributed by atoms with Gasteiger partial charge in [-0.15, -0.1) is 0 Å². The van der Waals surface area contributed by atoms with Crippen molar-refractivity contribution < 1.29 is 4.74 Å². The van der Waals surface area contributed by atoms with E-state index in [2.05, 4.69) is 14.5 Å². The second-order valence-electron chi connectivity index (χ2n) is 3.34. The standard InChI is InChI=1S/C9H15N3O/c1-11-3-2-10-9(11)8-12-4-6-13-7-5-12/h2-3H,4-8H2,1H3. The number of aryl methyl sites for hydroxylation is 1. The van der Waals surface area contributed by atoms with Crippen LogP contribution >= 0.6 is 0 Å². The highest BCUT2D eigenvalue weighted by Gasteiger charge is 2.12. The molecule has 13 heavy (non-hydrogen) atoms. The fourth-order valence-electron chi connectivity index (χ4n) is 1.51. The van der Waals surface area contributed by atoms with E-state index in [9.17, 15) is 0 Å². The van der Waals surface area contributed by atoms with Crippen LogP contribution in [0.3, 0.4) is 0 Å². The Morgan fingerprint density at radius 2 is 2.23 bits per heavy atom. The molecule has 1 aliphatic heterocycles. The summed E-state index contributed by atoms with van der Waals surface area (Å²) in [6.07, 6.45) is 3.82. The smallest absolute Gasteiger partial charge is 0.122 e. The van der Waals surface area contributed by atoms with Gasteiger partial charge in [-0.1, -0.05) is 0 Å². The highest BCUT2D eigenvalue weighted by atomic mass is 16.5. The Morgan fingerprint density at radius 1 is 1.46 bits per heavy atom. The molecule has 0 aromatic carbocycles. The van der Waals surface area contributed by atoms with Crippen LogP contribution in [0.25, 0.3) is 0 Å². The van der Waals surface area contributed by atoms with Gasteiger partial charge in [-0.3, -0.25) is 4.90 Å². The Bertz CT molecular complexity index is 266. The highest BCUT2D eigenvalue weighted by Crippen LogP contribution is 2.03. The van der Waals surface area contributed by atoms with Crippen molar-refractivity contribution in [1.82, 2.24) is 14.5 Å². The molecule has 0 atom stereocenters. The minimum atomic E-state index is 0.852. The summed E-state index contributed by atoms with van der Waals surface area (Å²) in [4.78, 5) is 6.66. The molecule has 0 unspecified atom stereocenters. The molecule has 0 amide bonds. The van der Waals surface area contributed by atoms with Crippen LogP contribution in [0.2, 0.25) is 0 Å². The van der Waals surface area contributed by atoms with Crippen LogP contribution in [-0.4, -0.2) is 40.8 Å². The van der Waals surface area contributed by atoms with Crippen molar-refractivity contribution in [2.24, 2.45) is 7.05 Å². The van der Waals surface area contributed by atoms with E-state index < -0.39 is 0 Å². The van der Waals surface area contributed by atoms with Gasteiger partial charge < -0.3 is 9.30 Å². The van der Waals surface area contributed by atoms with Crippen LogP contribution in [0.5, 0.6) is 0 Å². The van der Waals surface area contributed by atoms with Gasteiger partial charge in [0.25, 0.3) is 0 Å². The number of hydrogen-bond donors (Lipinski definition) is 0. The topological polar surface area (TPSA) is 30.3 Å². The first-order valence-corrected chi connectivity index (χ1v) is 4.62. The number of rotatable bonds is 2. The van der Waals surface area contributed by atoms with Crippen LogP contribution in [0.15, 0.2) is 12.4 Å². The summed E-state index contributed by atoms with van der Waals surface area (Å²) >= 11 is 0. The lowest BCUT2D eigenvalue weighted by molar-refractivity contribution is 0.0327. The number of hydrogen-bond acceptors (Lipinski definition) is 3. The zero-order valence-electron chi connectivity index (χ0n) is 7.94. The Morgan fingerprint density at radius 3 is 2.85 bits per heavy atom. The molecule has 0 bridgehead atoms. The Kier molecular flexibility index (Phi) is 2.61. The second kappa shape index (κ2) is 3.89. The number of imidazole rings is 1. The number of aromatic nitrogens is 2. The molecule has 2 heterocycles. The Balaban J connectivity index is 1.93. The molecule has 1 fully saturated rings. The van der Waals surface area contributed by atoms with E-state index in [4.69, 9.17) is 4.74 Å². The summed E-state index contributed by atoms with van der Waals surface area (Å²) in [7, 11) is 2.03. The van der Waals surface area contributed by atoms with Gasteiger partial charge in [0, 0.05) is 32.5 Å². The molecule has 0 radical (unpaired) electrons. The van der Waals surface area contributed by atoms with E-state index in [-0.39, 0.29) is 0 Å². The minimum absolute atomic E-state index is 0.852. The van der Waals surface area contributed by atoms with E-state index in [0.29, 0.717) is 0 Å². The van der Waals surface area contributed by atoms with Crippen molar-refractivity contribution in [2.75, 3.05) is 26.3 Å². The van der Waals surface area contributed by atoms with Crippen molar-refractivity contribution in [3.8, 4) is 0 Å². The number of ether oxygens (including phenoxy) is 1. The predicted molar refractivity (Wildman–Crippen MR) is 49.3 cm³/mol. The first-order valence-electron chi connectivity index (χ1n) is 4.62. The molecule has 0 spiro atoms. The summed E-state index contributed by atoms with van der Waals surface area (Å²) in [6, 6.07) is 0. The molecule has 0 N–H and O–H groups in total. The van der Waals surface area contributed by atoms with Crippen molar-refractivity contribution in [3.63, 3.8) is 0 Å². The third-order valence-corrected chi connectivity index (χ3v) is 2.39. The normalized spacial score (nSPS) is 19.2. The minimum Gasteiger partial charge on any atom is -0.379 e. The molecule has 1 aromatic rings. The lowest BCUT2D eigenvalue weighted by atomic mass is 10.4. The average Bonchev–Trinajstić information content (AvgIpc) is 2.54. The van der Waals surface area contributed by atoms with E-state index in [1.165, 1.54) is 0 Å². The first kappa shape index (κ1) is 8.72. The van der Waals surface area contributed by atoms with Crippen LogP contribution in [0.1, 0.15) is 5.82 Å². The molecule has 4 nitrogen and oxygen atoms in total. The van der Waals surface area contributed by atoms with Gasteiger partial charge in [0.1, 0.15) is 5.82 Å². The molecule has 0 saturated carbocycles. The fraction of sp³-hybridized carbons (Fsp3) is 0.667. The Hall–Kier alpha value is -0.870. The maximum Gasteiger partial charge on any atom is 0.122 e. The number of nitrogens with zero attached hydrogens (tertiary/aromatic N) is 3. The van der Waals surface area contributed by atoms with Gasteiger partial charge in [0.2, 0.25) is 0 Å². The molecule has 1 aliphatic rings. The monoisotopic (exact) mass is 181 g/mol. The largest absolute Gasteiger partial charge is 0.379 e. The van der Waals surface area contributed by atoms with Gasteiger partial charge in [-0.05, 0) is 0 Å². The summed E-state index contributed by atoms with van der Waals surface area (Å²) < 4.78 is 7.35. The molecular formula is C9H15N3O. The second-order valence-corrected chi connectivity index (χ2v) is 3.34. The highest BCUT2D eigenvalue weighted by molar-refractivity contribution is 4.91. The summed E-state index contributed by atoms with van der Waals surface area (Å²) in [6.45, 7) is 4.68. The fourth-order valence-corrected chi connectivity index (χ4v) is 1.51. The zero-order chi connectivity index (χ0) is 9.10.